The number of carbonyl (C=O) groups is 1. The third-order valence-electron chi connectivity index (χ3n) is 4.17. The fraction of sp³-hybridized carbons (Fsp3) is 0.471. The predicted octanol–water partition coefficient (Wildman–Crippen LogP) is 3.41. The van der Waals surface area contributed by atoms with Crippen LogP contribution >= 0.6 is 0 Å². The Morgan fingerprint density at radius 1 is 1.36 bits per heavy atom. The first-order chi connectivity index (χ1) is 10.6. The fourth-order valence-electron chi connectivity index (χ4n) is 2.89. The maximum atomic E-state index is 12.1. The molecule has 1 aliphatic carbocycles. The van der Waals surface area contributed by atoms with Crippen molar-refractivity contribution in [1.82, 2.24) is 15.5 Å². The van der Waals surface area contributed by atoms with Crippen molar-refractivity contribution in [1.29, 1.82) is 0 Å². The number of amides is 1. The van der Waals surface area contributed by atoms with Gasteiger partial charge in [-0.05, 0) is 32.8 Å². The second kappa shape index (κ2) is 6.30. The maximum Gasteiger partial charge on any atom is 0.249 e. The summed E-state index contributed by atoms with van der Waals surface area (Å²) >= 11 is 0. The van der Waals surface area contributed by atoms with E-state index in [9.17, 15) is 4.79 Å². The lowest BCUT2D eigenvalue weighted by Gasteiger charge is -2.13. The standard InChI is InChI=1S/C17H21N3O2/c1-11-6-5-9-14(10-11)15-19-17(22-20-15)12(2)18-16(21)13-7-3-4-8-13/h5-6,9-10,12-13H,3-4,7-8H2,1-2H3,(H,18,21)/t12-/m0/s1. The van der Waals surface area contributed by atoms with Crippen molar-refractivity contribution in [3.8, 4) is 11.4 Å². The number of carbonyl (C=O) groups excluding carboxylic acids is 1. The molecule has 1 aromatic carbocycles. The monoisotopic (exact) mass is 299 g/mol. The number of nitrogens with one attached hydrogen (secondary N) is 1. The average Bonchev–Trinajstić information content (AvgIpc) is 3.19. The Bertz CT molecular complexity index is 659. The molecule has 1 amide bonds. The van der Waals surface area contributed by atoms with Gasteiger partial charge in [-0.2, -0.15) is 4.98 Å². The summed E-state index contributed by atoms with van der Waals surface area (Å²) in [6.45, 7) is 3.90. The highest BCUT2D eigenvalue weighted by molar-refractivity contribution is 5.79. The number of nitrogens with zero attached hydrogens (tertiary/aromatic N) is 2. The van der Waals surface area contributed by atoms with Crippen molar-refractivity contribution in [2.24, 2.45) is 5.92 Å². The van der Waals surface area contributed by atoms with Crippen molar-refractivity contribution in [2.45, 2.75) is 45.6 Å². The SMILES string of the molecule is Cc1cccc(-c2noc([C@H](C)NC(=O)C3CCCC3)n2)c1. The lowest BCUT2D eigenvalue weighted by atomic mass is 10.1. The molecule has 1 aromatic heterocycles. The minimum Gasteiger partial charge on any atom is -0.344 e. The number of hydrogen-bond acceptors (Lipinski definition) is 4. The first-order valence-electron chi connectivity index (χ1n) is 7.84. The summed E-state index contributed by atoms with van der Waals surface area (Å²) in [7, 11) is 0. The second-order valence-electron chi connectivity index (χ2n) is 6.04. The van der Waals surface area contributed by atoms with Gasteiger partial charge < -0.3 is 9.84 Å². The van der Waals surface area contributed by atoms with E-state index < -0.39 is 0 Å². The summed E-state index contributed by atoms with van der Waals surface area (Å²) in [5.74, 6) is 1.24. The Hall–Kier alpha value is -2.17. The third kappa shape index (κ3) is 3.18. The van der Waals surface area contributed by atoms with Gasteiger partial charge in [0.15, 0.2) is 0 Å². The van der Waals surface area contributed by atoms with Gasteiger partial charge in [-0.1, -0.05) is 41.8 Å². The van der Waals surface area contributed by atoms with E-state index in [1.807, 2.05) is 38.1 Å². The topological polar surface area (TPSA) is 68.0 Å². The van der Waals surface area contributed by atoms with Gasteiger partial charge >= 0.3 is 0 Å². The van der Waals surface area contributed by atoms with Crippen LogP contribution in [-0.2, 0) is 4.79 Å². The highest BCUT2D eigenvalue weighted by Gasteiger charge is 2.25. The molecule has 22 heavy (non-hydrogen) atoms. The van der Waals surface area contributed by atoms with E-state index in [4.69, 9.17) is 4.52 Å². The van der Waals surface area contributed by atoms with Crippen LogP contribution in [0.4, 0.5) is 0 Å². The zero-order valence-corrected chi connectivity index (χ0v) is 13.0. The molecule has 3 rings (SSSR count). The molecule has 0 unspecified atom stereocenters. The number of hydrogen-bond donors (Lipinski definition) is 1. The molecule has 0 spiro atoms. The molecule has 1 aliphatic rings. The van der Waals surface area contributed by atoms with Gasteiger partial charge in [0, 0.05) is 11.5 Å². The van der Waals surface area contributed by atoms with E-state index in [1.165, 1.54) is 0 Å². The lowest BCUT2D eigenvalue weighted by molar-refractivity contribution is -0.125. The van der Waals surface area contributed by atoms with Crippen molar-refractivity contribution < 1.29 is 9.32 Å². The quantitative estimate of drug-likeness (QED) is 0.939. The zero-order chi connectivity index (χ0) is 15.5. The molecule has 5 heteroatoms. The van der Waals surface area contributed by atoms with Gasteiger partial charge in [-0.25, -0.2) is 0 Å². The first kappa shape index (κ1) is 14.8. The molecule has 1 N–H and O–H groups in total. The van der Waals surface area contributed by atoms with E-state index in [0.717, 1.165) is 36.8 Å². The van der Waals surface area contributed by atoms with Crippen LogP contribution in [-0.4, -0.2) is 16.0 Å². The summed E-state index contributed by atoms with van der Waals surface area (Å²) in [5, 5.41) is 7.00. The molecule has 0 saturated heterocycles. The second-order valence-corrected chi connectivity index (χ2v) is 6.04. The van der Waals surface area contributed by atoms with E-state index in [1.54, 1.807) is 0 Å². The summed E-state index contributed by atoms with van der Waals surface area (Å²) in [6, 6.07) is 7.68. The van der Waals surface area contributed by atoms with Crippen molar-refractivity contribution in [3.63, 3.8) is 0 Å². The molecule has 1 heterocycles. The van der Waals surface area contributed by atoms with Crippen LogP contribution in [0.15, 0.2) is 28.8 Å². The predicted molar refractivity (Wildman–Crippen MR) is 83.0 cm³/mol. The van der Waals surface area contributed by atoms with Crippen LogP contribution in [0.2, 0.25) is 0 Å². The molecule has 5 nitrogen and oxygen atoms in total. The minimum atomic E-state index is -0.265. The third-order valence-corrected chi connectivity index (χ3v) is 4.17. The Labute approximate surface area is 130 Å². The average molecular weight is 299 g/mol. The molecule has 1 atom stereocenters. The number of aryl methyl sites for hydroxylation is 1. The normalized spacial score (nSPS) is 16.6. The van der Waals surface area contributed by atoms with Crippen LogP contribution in [0.5, 0.6) is 0 Å². The largest absolute Gasteiger partial charge is 0.344 e. The minimum absolute atomic E-state index is 0.0975. The van der Waals surface area contributed by atoms with Crippen LogP contribution < -0.4 is 5.32 Å². The summed E-state index contributed by atoms with van der Waals surface area (Å²) < 4.78 is 5.31. The summed E-state index contributed by atoms with van der Waals surface area (Å²) in [6.07, 6.45) is 4.25. The Balaban J connectivity index is 1.68. The maximum absolute atomic E-state index is 12.1. The highest BCUT2D eigenvalue weighted by atomic mass is 16.5. The van der Waals surface area contributed by atoms with Gasteiger partial charge in [0.25, 0.3) is 0 Å². The van der Waals surface area contributed by atoms with E-state index >= 15 is 0 Å². The van der Waals surface area contributed by atoms with Crippen molar-refractivity contribution >= 4 is 5.91 Å². The molecular weight excluding hydrogens is 278 g/mol. The smallest absolute Gasteiger partial charge is 0.249 e. The molecule has 0 bridgehead atoms. The summed E-state index contributed by atoms with van der Waals surface area (Å²) in [4.78, 5) is 16.6. The lowest BCUT2D eigenvalue weighted by Crippen LogP contribution is -2.31. The highest BCUT2D eigenvalue weighted by Crippen LogP contribution is 2.26. The Morgan fingerprint density at radius 2 is 2.14 bits per heavy atom. The molecule has 0 aliphatic heterocycles. The van der Waals surface area contributed by atoms with Crippen LogP contribution in [0.1, 0.15) is 50.1 Å². The molecule has 116 valence electrons. The van der Waals surface area contributed by atoms with Crippen LogP contribution in [0.3, 0.4) is 0 Å². The van der Waals surface area contributed by atoms with Gasteiger partial charge in [-0.15, -0.1) is 0 Å². The molecular formula is C17H21N3O2. The molecule has 1 saturated carbocycles. The number of rotatable bonds is 4. The van der Waals surface area contributed by atoms with Gasteiger partial charge in [0.1, 0.15) is 6.04 Å². The number of aromatic nitrogens is 2. The van der Waals surface area contributed by atoms with E-state index in [2.05, 4.69) is 15.5 Å². The zero-order valence-electron chi connectivity index (χ0n) is 13.0. The molecule has 0 radical (unpaired) electrons. The molecule has 2 aromatic rings. The Kier molecular flexibility index (Phi) is 4.22. The van der Waals surface area contributed by atoms with Crippen LogP contribution in [0.25, 0.3) is 11.4 Å². The van der Waals surface area contributed by atoms with Gasteiger partial charge in [0.2, 0.25) is 17.6 Å². The van der Waals surface area contributed by atoms with Crippen LogP contribution in [0, 0.1) is 12.8 Å². The Morgan fingerprint density at radius 3 is 2.86 bits per heavy atom. The fourth-order valence-corrected chi connectivity index (χ4v) is 2.89. The van der Waals surface area contributed by atoms with E-state index in [0.29, 0.717) is 11.7 Å². The first-order valence-corrected chi connectivity index (χ1v) is 7.84. The van der Waals surface area contributed by atoms with Crippen molar-refractivity contribution in [2.75, 3.05) is 0 Å². The number of benzene rings is 1. The molecule has 1 fully saturated rings. The van der Waals surface area contributed by atoms with Crippen molar-refractivity contribution in [3.05, 3.63) is 35.7 Å². The van der Waals surface area contributed by atoms with E-state index in [-0.39, 0.29) is 17.9 Å². The van der Waals surface area contributed by atoms with Gasteiger partial charge in [-0.3, -0.25) is 4.79 Å². The summed E-state index contributed by atoms with van der Waals surface area (Å²) in [5.41, 5.74) is 2.07. The van der Waals surface area contributed by atoms with Gasteiger partial charge in [0.05, 0.1) is 0 Å².